The summed E-state index contributed by atoms with van der Waals surface area (Å²) in [4.78, 5) is 2.11. The highest BCUT2D eigenvalue weighted by molar-refractivity contribution is 7.71. The van der Waals surface area contributed by atoms with Crippen molar-refractivity contribution < 1.29 is 9.13 Å². The van der Waals surface area contributed by atoms with Crippen molar-refractivity contribution >= 4 is 12.2 Å². The normalized spacial score (nSPS) is 11.2. The minimum absolute atomic E-state index is 0.334. The van der Waals surface area contributed by atoms with E-state index in [4.69, 9.17) is 22.1 Å². The Kier molecular flexibility index (Phi) is 6.48. The van der Waals surface area contributed by atoms with Crippen LogP contribution in [-0.2, 0) is 13.2 Å². The topological polar surface area (TPSA) is 35.2 Å². The number of aryl methyl sites for hydroxylation is 1. The second kappa shape index (κ2) is 9.46. The van der Waals surface area contributed by atoms with Crippen LogP contribution in [0.15, 0.2) is 72.8 Å². The maximum atomic E-state index is 14.7. The Morgan fingerprint density at radius 1 is 1.00 bits per heavy atom. The van der Waals surface area contributed by atoms with E-state index in [1.807, 2.05) is 67.1 Å². The molecule has 0 radical (unpaired) electrons. The van der Waals surface area contributed by atoms with Gasteiger partial charge in [0.25, 0.3) is 0 Å². The third-order valence-electron chi connectivity index (χ3n) is 5.23. The first-order valence-corrected chi connectivity index (χ1v) is 10.7. The van der Waals surface area contributed by atoms with Crippen molar-refractivity contribution in [3.8, 4) is 22.8 Å². The molecule has 0 saturated heterocycles. The fourth-order valence-corrected chi connectivity index (χ4v) is 3.86. The smallest absolute Gasteiger partial charge is 0.204 e. The lowest BCUT2D eigenvalue weighted by Crippen LogP contribution is -2.22. The van der Waals surface area contributed by atoms with Crippen LogP contribution in [0, 0.1) is 17.5 Å². The lowest BCUT2D eigenvalue weighted by atomic mass is 10.2. The van der Waals surface area contributed by atoms with E-state index in [1.165, 1.54) is 6.07 Å². The second-order valence-electron chi connectivity index (χ2n) is 7.76. The summed E-state index contributed by atoms with van der Waals surface area (Å²) in [6, 6.07) is 22.5. The van der Waals surface area contributed by atoms with Gasteiger partial charge in [-0.3, -0.25) is 9.47 Å². The van der Waals surface area contributed by atoms with Gasteiger partial charge in [-0.1, -0.05) is 42.0 Å². The Labute approximate surface area is 192 Å². The fourth-order valence-electron chi connectivity index (χ4n) is 3.56. The van der Waals surface area contributed by atoms with Gasteiger partial charge in [0, 0.05) is 12.2 Å². The number of hydrogen-bond acceptors (Lipinski definition) is 4. The number of ether oxygens (including phenoxy) is 1. The molecule has 0 aliphatic heterocycles. The van der Waals surface area contributed by atoms with Crippen LogP contribution in [0.1, 0.15) is 11.1 Å². The molecule has 0 unspecified atom stereocenters. The van der Waals surface area contributed by atoms with Crippen LogP contribution in [0.4, 0.5) is 4.39 Å². The zero-order valence-corrected chi connectivity index (χ0v) is 19.1. The molecule has 0 atom stereocenters. The first-order chi connectivity index (χ1) is 15.5. The Balaban J connectivity index is 1.69. The van der Waals surface area contributed by atoms with Gasteiger partial charge >= 0.3 is 0 Å². The summed E-state index contributed by atoms with van der Waals surface area (Å²) >= 11 is 5.78. The van der Waals surface area contributed by atoms with Gasteiger partial charge in [-0.2, -0.15) is 0 Å². The Morgan fingerprint density at radius 3 is 2.34 bits per heavy atom. The second-order valence-corrected chi connectivity index (χ2v) is 8.13. The predicted octanol–water partition coefficient (Wildman–Crippen LogP) is 5.62. The van der Waals surface area contributed by atoms with Gasteiger partial charge in [0.15, 0.2) is 5.82 Å². The summed E-state index contributed by atoms with van der Waals surface area (Å²) in [7, 11) is 3.65. The average Bonchev–Trinajstić information content (AvgIpc) is 3.10. The van der Waals surface area contributed by atoms with Crippen LogP contribution in [0.5, 0.6) is 5.75 Å². The number of rotatable bonds is 7. The van der Waals surface area contributed by atoms with Crippen LogP contribution < -0.4 is 4.74 Å². The van der Waals surface area contributed by atoms with E-state index in [0.29, 0.717) is 29.4 Å². The quantitative estimate of drug-likeness (QED) is 0.344. The lowest BCUT2D eigenvalue weighted by Gasteiger charge is -2.16. The number of halogens is 1. The molecule has 4 rings (SSSR count). The molecule has 0 saturated carbocycles. The van der Waals surface area contributed by atoms with Crippen molar-refractivity contribution in [2.24, 2.45) is 0 Å². The highest BCUT2D eigenvalue weighted by Crippen LogP contribution is 2.25. The molecule has 3 aromatic carbocycles. The van der Waals surface area contributed by atoms with Crippen LogP contribution >= 0.6 is 12.2 Å². The molecule has 0 bridgehead atoms. The third-order valence-corrected chi connectivity index (χ3v) is 5.63. The van der Waals surface area contributed by atoms with Crippen molar-refractivity contribution in [1.29, 1.82) is 0 Å². The fraction of sp³-hybridized carbons (Fsp3) is 0.200. The monoisotopic (exact) mass is 448 g/mol. The summed E-state index contributed by atoms with van der Waals surface area (Å²) in [5, 5.41) is 4.72. The zero-order chi connectivity index (χ0) is 22.7. The number of hydrogen-bond donors (Lipinski definition) is 0. The van der Waals surface area contributed by atoms with E-state index in [1.54, 1.807) is 30.0 Å². The molecule has 0 aliphatic rings. The van der Waals surface area contributed by atoms with Crippen LogP contribution in [0.3, 0.4) is 0 Å². The average molecular weight is 449 g/mol. The van der Waals surface area contributed by atoms with Gasteiger partial charge in [0.05, 0.1) is 19.3 Å². The minimum atomic E-state index is -0.334. The molecular formula is C25H25FN4OS. The molecular weight excluding hydrogens is 423 g/mol. The van der Waals surface area contributed by atoms with E-state index in [2.05, 4.69) is 4.90 Å². The van der Waals surface area contributed by atoms with E-state index in [0.717, 1.165) is 22.6 Å². The van der Waals surface area contributed by atoms with E-state index < -0.39 is 0 Å². The van der Waals surface area contributed by atoms with Crippen LogP contribution in [-0.4, -0.2) is 33.4 Å². The van der Waals surface area contributed by atoms with Crippen molar-refractivity contribution in [3.63, 3.8) is 0 Å². The number of aromatic nitrogens is 3. The third kappa shape index (κ3) is 4.64. The molecule has 5 nitrogen and oxygen atoms in total. The maximum Gasteiger partial charge on any atom is 0.204 e. The number of nitrogens with zero attached hydrogens (tertiary/aromatic N) is 4. The Bertz CT molecular complexity index is 1260. The van der Waals surface area contributed by atoms with Crippen LogP contribution in [0.25, 0.3) is 17.1 Å². The molecule has 0 amide bonds. The van der Waals surface area contributed by atoms with Crippen LogP contribution in [0.2, 0.25) is 0 Å². The van der Waals surface area contributed by atoms with Crippen molar-refractivity contribution in [2.75, 3.05) is 14.2 Å². The summed E-state index contributed by atoms with van der Waals surface area (Å²) in [6.07, 6.45) is 0. The molecule has 4 aromatic rings. The minimum Gasteiger partial charge on any atom is -0.497 e. The zero-order valence-electron chi connectivity index (χ0n) is 18.3. The summed E-state index contributed by atoms with van der Waals surface area (Å²) in [5.74, 6) is 0.972. The molecule has 0 spiro atoms. The van der Waals surface area contributed by atoms with E-state index in [9.17, 15) is 4.39 Å². The SMILES string of the molecule is COc1ccc(CN(C)Cn2nc(-c3ccccc3F)n(-c3ccc(C)cc3)c2=S)cc1. The molecule has 0 aliphatic carbocycles. The Hall–Kier alpha value is -3.29. The maximum absolute atomic E-state index is 14.7. The Morgan fingerprint density at radius 2 is 1.69 bits per heavy atom. The highest BCUT2D eigenvalue weighted by atomic mass is 32.1. The molecule has 32 heavy (non-hydrogen) atoms. The van der Waals surface area contributed by atoms with Gasteiger partial charge in [0.1, 0.15) is 11.6 Å². The largest absolute Gasteiger partial charge is 0.497 e. The number of methoxy groups -OCH3 is 1. The standard InChI is InChI=1S/C25H25FN4OS/c1-18-8-12-20(13-9-18)30-24(22-6-4-5-7-23(22)26)27-29(25(30)32)17-28(2)16-19-10-14-21(31-3)15-11-19/h4-15H,16-17H2,1-3H3. The van der Waals surface area contributed by atoms with Gasteiger partial charge in [-0.25, -0.2) is 9.07 Å². The number of benzene rings is 3. The molecule has 164 valence electrons. The van der Waals surface area contributed by atoms with Gasteiger partial charge in [0.2, 0.25) is 4.77 Å². The molecule has 7 heteroatoms. The van der Waals surface area contributed by atoms with E-state index >= 15 is 0 Å². The molecule has 1 aromatic heterocycles. The molecule has 0 fully saturated rings. The lowest BCUT2D eigenvalue weighted by molar-refractivity contribution is 0.244. The van der Waals surface area contributed by atoms with Gasteiger partial charge in [-0.05, 0) is 68.2 Å². The molecule has 0 N–H and O–H groups in total. The molecule has 1 heterocycles. The first-order valence-electron chi connectivity index (χ1n) is 10.3. The highest BCUT2D eigenvalue weighted by Gasteiger charge is 2.18. The van der Waals surface area contributed by atoms with Crippen molar-refractivity contribution in [3.05, 3.63) is 94.5 Å². The summed E-state index contributed by atoms with van der Waals surface area (Å²) < 4.78 is 24.0. The van der Waals surface area contributed by atoms with Gasteiger partial charge in [-0.15, -0.1) is 5.10 Å². The van der Waals surface area contributed by atoms with Gasteiger partial charge < -0.3 is 4.74 Å². The predicted molar refractivity (Wildman–Crippen MR) is 127 cm³/mol. The first kappa shape index (κ1) is 21.9. The van der Waals surface area contributed by atoms with Crippen molar-refractivity contribution in [2.45, 2.75) is 20.1 Å². The summed E-state index contributed by atoms with van der Waals surface area (Å²) in [6.45, 7) is 3.20. The summed E-state index contributed by atoms with van der Waals surface area (Å²) in [5.41, 5.74) is 3.55. The van der Waals surface area contributed by atoms with E-state index in [-0.39, 0.29) is 5.82 Å². The van der Waals surface area contributed by atoms with Crippen molar-refractivity contribution in [1.82, 2.24) is 19.2 Å².